The van der Waals surface area contributed by atoms with E-state index in [1.807, 2.05) is 152 Å². The summed E-state index contributed by atoms with van der Waals surface area (Å²) in [5, 5.41) is 10.8. The summed E-state index contributed by atoms with van der Waals surface area (Å²) in [4.78, 5) is 38.9. The first-order chi connectivity index (χ1) is 29.4. The summed E-state index contributed by atoms with van der Waals surface area (Å²) in [5.74, 6) is -2.76. The second-order valence-corrected chi connectivity index (χ2v) is 18.4. The van der Waals surface area contributed by atoms with Gasteiger partial charge in [0.15, 0.2) is 17.4 Å². The molecule has 63 heavy (non-hydrogen) atoms. The van der Waals surface area contributed by atoms with Crippen LogP contribution in [-0.4, -0.2) is 77.1 Å². The second kappa shape index (κ2) is 21.7. The van der Waals surface area contributed by atoms with Gasteiger partial charge in [-0.15, -0.1) is 0 Å². The van der Waals surface area contributed by atoms with E-state index in [2.05, 4.69) is 0 Å². The van der Waals surface area contributed by atoms with Crippen molar-refractivity contribution in [2.24, 2.45) is 23.7 Å². The normalized spacial score (nSPS) is 33.5. The van der Waals surface area contributed by atoms with E-state index in [1.165, 1.54) is 6.08 Å². The van der Waals surface area contributed by atoms with Crippen LogP contribution in [0.15, 0.2) is 60.7 Å². The molecule has 0 aliphatic carbocycles. The van der Waals surface area contributed by atoms with Crippen LogP contribution in [0.2, 0.25) is 0 Å². The molecule has 11 atom stereocenters. The fourth-order valence-electron chi connectivity index (χ4n) is 8.16. The van der Waals surface area contributed by atoms with Gasteiger partial charge in [0, 0.05) is 23.7 Å². The van der Waals surface area contributed by atoms with E-state index in [0.717, 1.165) is 33.4 Å². The van der Waals surface area contributed by atoms with Crippen LogP contribution in [0.1, 0.15) is 123 Å². The summed E-state index contributed by atoms with van der Waals surface area (Å²) in [6.07, 6.45) is 11.4. The van der Waals surface area contributed by atoms with Crippen LogP contribution in [-0.2, 0) is 55.7 Å². The number of esters is 2. The third-order valence-electron chi connectivity index (χ3n) is 11.8. The molecular formula is C50H66MnO12. The Morgan fingerprint density at radius 2 is 0.921 bits per heavy atom. The first-order valence-electron chi connectivity index (χ1n) is 21.6. The molecular weight excluding hydrogens is 847 g/mol. The number of ketones is 1. The van der Waals surface area contributed by atoms with Crippen molar-refractivity contribution in [3.05, 3.63) is 105 Å². The number of hydrogen-bond acceptors (Lipinski definition) is 12. The number of carbonyl (C=O) groups is 3. The Morgan fingerprint density at radius 3 is 1.41 bits per heavy atom. The Hall–Kier alpha value is -4.07. The Kier molecular flexibility index (Phi) is 17.8. The van der Waals surface area contributed by atoms with Gasteiger partial charge >= 0.3 is 34.4 Å². The number of carbonyl (C=O) groups excluding carboxylic acids is 3. The molecule has 4 aliphatic rings. The fourth-order valence-corrected chi connectivity index (χ4v) is 8.16. The van der Waals surface area contributed by atoms with E-state index < -0.39 is 50.8 Å². The van der Waals surface area contributed by atoms with Crippen molar-refractivity contribution in [1.82, 2.24) is 0 Å². The van der Waals surface area contributed by atoms with Gasteiger partial charge in [-0.3, -0.25) is 4.79 Å². The van der Waals surface area contributed by atoms with Gasteiger partial charge in [-0.05, 0) is 97.6 Å². The Bertz CT molecular complexity index is 2140. The monoisotopic (exact) mass is 913 g/mol. The van der Waals surface area contributed by atoms with Crippen LogP contribution in [0.3, 0.4) is 0 Å². The fraction of sp³-hybridized carbons (Fsp3) is 0.540. The number of rotatable bonds is 0. The third-order valence-corrected chi connectivity index (χ3v) is 11.8. The summed E-state index contributed by atoms with van der Waals surface area (Å²) in [6, 6.07) is 7.96. The molecule has 12 nitrogen and oxygen atoms in total. The average Bonchev–Trinajstić information content (AvgIpc) is 3.70. The Labute approximate surface area is 379 Å². The summed E-state index contributed by atoms with van der Waals surface area (Å²) >= 11 is -1.44. The summed E-state index contributed by atoms with van der Waals surface area (Å²) in [6.45, 7) is 26.9. The molecule has 2 aromatic rings. The third kappa shape index (κ3) is 13.5. The van der Waals surface area contributed by atoms with E-state index in [1.54, 1.807) is 12.2 Å². The number of cyclic esters (lactones) is 2. The van der Waals surface area contributed by atoms with Crippen LogP contribution in [0.5, 0.6) is 0 Å². The maximum atomic E-state index is 13.0. The predicted molar refractivity (Wildman–Crippen MR) is 235 cm³/mol. The maximum absolute atomic E-state index is 13.0. The Balaban J connectivity index is 0.000000260. The zero-order valence-electron chi connectivity index (χ0n) is 39.1. The summed E-state index contributed by atoms with van der Waals surface area (Å²) < 4.78 is 52.5. The minimum absolute atomic E-state index is 0.0381. The van der Waals surface area contributed by atoms with Gasteiger partial charge in [-0.25, -0.2) is 9.59 Å². The molecule has 4 aliphatic heterocycles. The zero-order valence-corrected chi connectivity index (χ0v) is 40.3. The molecule has 345 valence electrons. The van der Waals surface area contributed by atoms with Gasteiger partial charge in [0.1, 0.15) is 36.6 Å². The van der Waals surface area contributed by atoms with Crippen molar-refractivity contribution in [1.29, 1.82) is 0 Å². The van der Waals surface area contributed by atoms with Crippen LogP contribution in [0.25, 0.3) is 12.2 Å². The van der Waals surface area contributed by atoms with Gasteiger partial charge in [0.05, 0.1) is 17.2 Å². The number of hydrogen-bond donors (Lipinski definition) is 1. The SMILES string of the molecule is Cc1cc(C)c2c(c1)/C=C/C(C)[C@@H]1OC(C)(C)OC1C(=O)/C=C\[C@@H](C)[C@H](C)OC2=O.Cc1cc(C)c2c(c1)/C=C/C(C)[C@@H]1OC(C)(C)OC1C(O)/C=C\[C@@H](C)[C@H](C)OC2=O.[O]=[Mn]=[O]. The molecule has 1 N–H and O–H groups in total. The number of aryl methyl sites for hydroxylation is 4. The molecule has 0 amide bonds. The number of benzene rings is 2. The van der Waals surface area contributed by atoms with Crippen molar-refractivity contribution in [2.75, 3.05) is 0 Å². The molecule has 0 spiro atoms. The predicted octanol–water partition coefficient (Wildman–Crippen LogP) is 9.14. The van der Waals surface area contributed by atoms with Crippen molar-refractivity contribution < 1.29 is 70.4 Å². The molecule has 2 aromatic carbocycles. The van der Waals surface area contributed by atoms with Gasteiger partial charge in [-0.2, -0.15) is 0 Å². The number of ether oxygens (including phenoxy) is 6. The van der Waals surface area contributed by atoms with E-state index in [0.29, 0.717) is 11.1 Å². The van der Waals surface area contributed by atoms with Crippen LogP contribution in [0.4, 0.5) is 0 Å². The molecule has 0 radical (unpaired) electrons. The number of fused-ring (bicyclic) bond motifs is 4. The standard InChI is InChI=1S/C25H34O5.C25H32O5.Mn.2O/c2*1-14-12-17(4)21-19(13-14)10-8-16(3)22-23(30-25(6,7)29-22)20(26)11-9-15(2)18(5)28-24(21)27;;;/h8-13,15-16,18,20,22-23,26H,1-7H3;8-13,15-16,18,22-23H,1-7H3;;;/b2*10-8+,11-9-;;;/t15-,16?,18+,20?,22+,23?;15-,16?,18+,22+,23?;;;/m11.../s1. The molecule has 0 saturated carbocycles. The molecule has 2 fully saturated rings. The van der Waals surface area contributed by atoms with Gasteiger partial charge in [-0.1, -0.05) is 106 Å². The minimum atomic E-state index is -1.44. The first-order valence-corrected chi connectivity index (χ1v) is 22.5. The van der Waals surface area contributed by atoms with Crippen molar-refractivity contribution in [3.63, 3.8) is 0 Å². The first kappa shape index (κ1) is 51.6. The number of aliphatic hydroxyl groups is 1. The van der Waals surface area contributed by atoms with Crippen LogP contribution in [0, 0.1) is 51.4 Å². The molecule has 6 rings (SSSR count). The van der Waals surface area contributed by atoms with E-state index in [9.17, 15) is 19.5 Å². The quantitative estimate of drug-likeness (QED) is 0.152. The molecule has 0 aromatic heterocycles. The van der Waals surface area contributed by atoms with Crippen molar-refractivity contribution in [2.45, 2.75) is 151 Å². The zero-order chi connectivity index (χ0) is 47.1. The molecule has 0 bridgehead atoms. The van der Waals surface area contributed by atoms with E-state index >= 15 is 0 Å². The summed E-state index contributed by atoms with van der Waals surface area (Å²) in [5.41, 5.74) is 6.71. The molecule has 13 heteroatoms. The van der Waals surface area contributed by atoms with Crippen molar-refractivity contribution >= 4 is 29.9 Å². The van der Waals surface area contributed by atoms with Gasteiger partial charge in [0.25, 0.3) is 0 Å². The van der Waals surface area contributed by atoms with E-state index in [4.69, 9.17) is 36.1 Å². The summed E-state index contributed by atoms with van der Waals surface area (Å²) in [7, 11) is 0. The van der Waals surface area contributed by atoms with Gasteiger partial charge in [0.2, 0.25) is 0 Å². The van der Waals surface area contributed by atoms with Gasteiger partial charge < -0.3 is 33.5 Å². The average molecular weight is 914 g/mol. The number of aliphatic hydroxyl groups excluding tert-OH is 1. The van der Waals surface area contributed by atoms with E-state index in [-0.39, 0.29) is 59.7 Å². The second-order valence-electron chi connectivity index (χ2n) is 18.3. The van der Waals surface area contributed by atoms with Crippen LogP contribution >= 0.6 is 0 Å². The van der Waals surface area contributed by atoms with Crippen LogP contribution < -0.4 is 0 Å². The topological polar surface area (TPSA) is 161 Å². The van der Waals surface area contributed by atoms with Crippen molar-refractivity contribution in [3.8, 4) is 0 Å². The Morgan fingerprint density at radius 1 is 0.524 bits per heavy atom. The molecule has 4 heterocycles. The molecule has 5 unspecified atom stereocenters. The molecule has 2 saturated heterocycles.